The Morgan fingerprint density at radius 1 is 1.08 bits per heavy atom. The van der Waals surface area contributed by atoms with Crippen LogP contribution < -0.4 is 16.0 Å². The third kappa shape index (κ3) is 5.07. The highest BCUT2D eigenvalue weighted by molar-refractivity contribution is 6.07. The molecule has 9 heteroatoms. The molecule has 1 saturated heterocycles. The lowest BCUT2D eigenvalue weighted by atomic mass is 9.82. The second-order valence-electron chi connectivity index (χ2n) is 6.56. The number of nitrogens with zero attached hydrogens (tertiary/aromatic N) is 1. The molecule has 1 spiro atoms. The van der Waals surface area contributed by atoms with Crippen molar-refractivity contribution in [2.24, 2.45) is 0 Å². The summed E-state index contributed by atoms with van der Waals surface area (Å²) >= 11 is 0. The Bertz CT molecular complexity index is 531. The number of imide groups is 1. The average Bonchev–Trinajstić information content (AvgIpc) is 2.79. The molecule has 0 radical (unpaired) electrons. The van der Waals surface area contributed by atoms with Gasteiger partial charge in [-0.05, 0) is 25.7 Å². The maximum atomic E-state index is 12.5. The Kier molecular flexibility index (Phi) is 6.60. The number of carboxylic acid groups (broad SMARTS) is 1. The molecule has 1 aliphatic heterocycles. The van der Waals surface area contributed by atoms with Crippen LogP contribution in [0.5, 0.6) is 0 Å². The van der Waals surface area contributed by atoms with Crippen molar-refractivity contribution >= 4 is 23.9 Å². The zero-order chi connectivity index (χ0) is 18.3. The Morgan fingerprint density at radius 2 is 1.72 bits per heavy atom. The summed E-state index contributed by atoms with van der Waals surface area (Å²) in [5.74, 6) is -1.04. The number of nitrogens with one attached hydrogen (secondary N) is 3. The van der Waals surface area contributed by atoms with Gasteiger partial charge in [-0.1, -0.05) is 19.3 Å². The topological polar surface area (TPSA) is 128 Å². The summed E-state index contributed by atoms with van der Waals surface area (Å²) in [6.07, 6.45) is 5.23. The van der Waals surface area contributed by atoms with Crippen LogP contribution in [0.15, 0.2) is 0 Å². The minimum absolute atomic E-state index is 0.00815. The number of hydrogen-bond donors (Lipinski definition) is 4. The van der Waals surface area contributed by atoms with Gasteiger partial charge in [-0.3, -0.25) is 14.5 Å². The van der Waals surface area contributed by atoms with Crippen LogP contribution in [0.3, 0.4) is 0 Å². The Balaban J connectivity index is 1.64. The van der Waals surface area contributed by atoms with E-state index in [1.807, 2.05) is 0 Å². The van der Waals surface area contributed by atoms with Crippen molar-refractivity contribution in [3.05, 3.63) is 0 Å². The Morgan fingerprint density at radius 3 is 2.36 bits per heavy atom. The van der Waals surface area contributed by atoms with Gasteiger partial charge >= 0.3 is 18.0 Å². The molecular weight excluding hydrogens is 328 g/mol. The summed E-state index contributed by atoms with van der Waals surface area (Å²) in [6.45, 7) is 0.883. The van der Waals surface area contributed by atoms with Crippen molar-refractivity contribution < 1.29 is 24.3 Å². The molecule has 140 valence electrons. The highest BCUT2D eigenvalue weighted by Crippen LogP contribution is 2.33. The average molecular weight is 354 g/mol. The molecule has 0 aromatic rings. The molecule has 2 aliphatic rings. The fourth-order valence-electron chi connectivity index (χ4n) is 3.32. The molecule has 0 aromatic heterocycles. The van der Waals surface area contributed by atoms with Crippen LogP contribution in [-0.2, 0) is 9.59 Å². The van der Waals surface area contributed by atoms with E-state index in [-0.39, 0.29) is 37.5 Å². The van der Waals surface area contributed by atoms with Gasteiger partial charge in [-0.2, -0.15) is 0 Å². The van der Waals surface area contributed by atoms with E-state index in [9.17, 15) is 19.2 Å². The number of hydrogen-bond acceptors (Lipinski definition) is 4. The van der Waals surface area contributed by atoms with Gasteiger partial charge in [0.1, 0.15) is 5.54 Å². The van der Waals surface area contributed by atoms with E-state index in [0.29, 0.717) is 32.2 Å². The zero-order valence-electron chi connectivity index (χ0n) is 14.3. The van der Waals surface area contributed by atoms with Gasteiger partial charge < -0.3 is 21.1 Å². The first-order valence-electron chi connectivity index (χ1n) is 8.82. The van der Waals surface area contributed by atoms with Crippen LogP contribution in [0.1, 0.15) is 51.4 Å². The summed E-state index contributed by atoms with van der Waals surface area (Å²) in [6, 6.07) is -0.726. The second-order valence-corrected chi connectivity index (χ2v) is 6.56. The smallest absolute Gasteiger partial charge is 0.325 e. The number of urea groups is 2. The lowest BCUT2D eigenvalue weighted by Gasteiger charge is -2.30. The van der Waals surface area contributed by atoms with Crippen molar-refractivity contribution in [1.29, 1.82) is 0 Å². The summed E-state index contributed by atoms with van der Waals surface area (Å²) < 4.78 is 0. The molecule has 1 aliphatic carbocycles. The summed E-state index contributed by atoms with van der Waals surface area (Å²) in [7, 11) is 0. The SMILES string of the molecule is O=C(O)CCCNC(=O)NCCCN1C(=O)NC2(CCCCC2)C1=O. The van der Waals surface area contributed by atoms with Crippen LogP contribution >= 0.6 is 0 Å². The molecule has 25 heavy (non-hydrogen) atoms. The van der Waals surface area contributed by atoms with Crippen LogP contribution in [0.25, 0.3) is 0 Å². The highest BCUT2D eigenvalue weighted by Gasteiger charge is 2.50. The normalized spacial score (nSPS) is 19.0. The minimum Gasteiger partial charge on any atom is -0.481 e. The minimum atomic E-state index is -0.897. The maximum absolute atomic E-state index is 12.5. The fraction of sp³-hybridized carbons (Fsp3) is 0.750. The van der Waals surface area contributed by atoms with Crippen LogP contribution in [0, 0.1) is 0 Å². The quantitative estimate of drug-likeness (QED) is 0.378. The van der Waals surface area contributed by atoms with Crippen molar-refractivity contribution in [3.63, 3.8) is 0 Å². The lowest BCUT2D eigenvalue weighted by molar-refractivity contribution is -0.137. The van der Waals surface area contributed by atoms with Crippen molar-refractivity contribution in [2.45, 2.75) is 56.9 Å². The van der Waals surface area contributed by atoms with Gasteiger partial charge in [0.15, 0.2) is 0 Å². The van der Waals surface area contributed by atoms with E-state index < -0.39 is 11.5 Å². The van der Waals surface area contributed by atoms with Gasteiger partial charge in [-0.15, -0.1) is 0 Å². The van der Waals surface area contributed by atoms with Gasteiger partial charge in [0.2, 0.25) is 0 Å². The largest absolute Gasteiger partial charge is 0.481 e. The van der Waals surface area contributed by atoms with Gasteiger partial charge in [0.25, 0.3) is 5.91 Å². The number of amides is 5. The Hall–Kier alpha value is -2.32. The molecule has 0 unspecified atom stereocenters. The molecule has 2 fully saturated rings. The molecule has 5 amide bonds. The van der Waals surface area contributed by atoms with E-state index in [0.717, 1.165) is 19.3 Å². The first-order valence-corrected chi connectivity index (χ1v) is 8.82. The maximum Gasteiger partial charge on any atom is 0.325 e. The molecule has 4 N–H and O–H groups in total. The number of aliphatic carboxylic acids is 1. The second kappa shape index (κ2) is 8.68. The van der Waals surface area contributed by atoms with Crippen molar-refractivity contribution in [3.8, 4) is 0 Å². The van der Waals surface area contributed by atoms with E-state index in [4.69, 9.17) is 5.11 Å². The standard InChI is InChI=1S/C16H26N4O5/c21-12(22)6-4-9-17-14(24)18-10-5-11-20-13(23)16(19-15(20)25)7-2-1-3-8-16/h1-11H2,(H,19,25)(H,21,22)(H2,17,18,24). The third-order valence-electron chi connectivity index (χ3n) is 4.65. The molecule has 9 nitrogen and oxygen atoms in total. The monoisotopic (exact) mass is 354 g/mol. The van der Waals surface area contributed by atoms with E-state index in [1.54, 1.807) is 0 Å². The number of rotatable bonds is 8. The molecule has 0 atom stereocenters. The first-order chi connectivity index (χ1) is 11.9. The van der Waals surface area contributed by atoms with E-state index in [1.165, 1.54) is 4.90 Å². The number of carboxylic acids is 1. The van der Waals surface area contributed by atoms with Gasteiger partial charge in [0.05, 0.1) is 0 Å². The molecular formula is C16H26N4O5. The number of carbonyl (C=O) groups excluding carboxylic acids is 3. The molecule has 1 heterocycles. The summed E-state index contributed by atoms with van der Waals surface area (Å²) in [4.78, 5) is 47.7. The van der Waals surface area contributed by atoms with Crippen LogP contribution in [-0.4, -0.2) is 59.1 Å². The van der Waals surface area contributed by atoms with Crippen molar-refractivity contribution in [1.82, 2.24) is 20.9 Å². The summed E-state index contributed by atoms with van der Waals surface area (Å²) in [5, 5.41) is 16.5. The van der Waals surface area contributed by atoms with Crippen LogP contribution in [0.2, 0.25) is 0 Å². The molecule has 1 saturated carbocycles. The van der Waals surface area contributed by atoms with Gasteiger partial charge in [0, 0.05) is 26.1 Å². The molecule has 0 bridgehead atoms. The lowest BCUT2D eigenvalue weighted by Crippen LogP contribution is -2.48. The van der Waals surface area contributed by atoms with Gasteiger partial charge in [-0.25, -0.2) is 9.59 Å². The van der Waals surface area contributed by atoms with E-state index in [2.05, 4.69) is 16.0 Å². The van der Waals surface area contributed by atoms with Crippen molar-refractivity contribution in [2.75, 3.05) is 19.6 Å². The third-order valence-corrected chi connectivity index (χ3v) is 4.65. The van der Waals surface area contributed by atoms with Crippen LogP contribution in [0.4, 0.5) is 9.59 Å². The Labute approximate surface area is 146 Å². The highest BCUT2D eigenvalue weighted by atomic mass is 16.4. The number of carbonyl (C=O) groups is 4. The predicted molar refractivity (Wildman–Crippen MR) is 88.9 cm³/mol. The predicted octanol–water partition coefficient (Wildman–Crippen LogP) is 0.795. The zero-order valence-corrected chi connectivity index (χ0v) is 14.3. The fourth-order valence-corrected chi connectivity index (χ4v) is 3.32. The first kappa shape index (κ1) is 19.0. The molecule has 0 aromatic carbocycles. The summed E-state index contributed by atoms with van der Waals surface area (Å²) in [5.41, 5.74) is -0.704. The molecule has 2 rings (SSSR count). The van der Waals surface area contributed by atoms with E-state index >= 15 is 0 Å².